The van der Waals surface area contributed by atoms with Crippen LogP contribution in [0.1, 0.15) is 38.8 Å². The lowest BCUT2D eigenvalue weighted by Crippen LogP contribution is -2.25. The largest absolute Gasteiger partial charge is 0.311 e. The third kappa shape index (κ3) is 3.53. The van der Waals surface area contributed by atoms with Gasteiger partial charge in [-0.05, 0) is 37.1 Å². The van der Waals surface area contributed by atoms with E-state index in [0.717, 1.165) is 21.8 Å². The average Bonchev–Trinajstić information content (AvgIpc) is 3.29. The van der Waals surface area contributed by atoms with Crippen LogP contribution in [0.2, 0.25) is 0 Å². The molecule has 1 fully saturated rings. The zero-order valence-corrected chi connectivity index (χ0v) is 16.5. The minimum atomic E-state index is -0.204. The third-order valence-corrected chi connectivity index (χ3v) is 5.93. The number of nitrogens with zero attached hydrogens (tertiary/aromatic N) is 3. The van der Waals surface area contributed by atoms with E-state index in [2.05, 4.69) is 15.5 Å². The molecule has 3 aromatic rings. The number of anilines is 2. The number of hydrogen-bond donors (Lipinski definition) is 1. The first kappa shape index (κ1) is 18.3. The quantitative estimate of drug-likeness (QED) is 0.730. The molecular formula is C21H20N4O2S. The minimum absolute atomic E-state index is 0.0197. The standard InChI is InChI=1S/C21H20N4O2S/c1-13-7-3-5-9-16(13)19(27)22-21-24-23-20(28-21)15-11-18(26)25(12-15)17-10-6-4-8-14(17)2/h3-10,15H,11-12H2,1-2H3,(H,22,24,27)/t15-/m1/s1. The predicted octanol–water partition coefficient (Wildman–Crippen LogP) is 3.93. The third-order valence-electron chi connectivity index (χ3n) is 4.93. The Balaban J connectivity index is 1.48. The molecule has 1 aliphatic rings. The Morgan fingerprint density at radius 2 is 1.79 bits per heavy atom. The fourth-order valence-corrected chi connectivity index (χ4v) is 4.24. The normalized spacial score (nSPS) is 16.4. The van der Waals surface area contributed by atoms with Crippen molar-refractivity contribution in [3.05, 3.63) is 70.2 Å². The molecule has 28 heavy (non-hydrogen) atoms. The number of aromatic nitrogens is 2. The summed E-state index contributed by atoms with van der Waals surface area (Å²) in [7, 11) is 0. The Morgan fingerprint density at radius 3 is 2.54 bits per heavy atom. The van der Waals surface area contributed by atoms with Crippen LogP contribution >= 0.6 is 11.3 Å². The van der Waals surface area contributed by atoms with Gasteiger partial charge in [-0.3, -0.25) is 14.9 Å². The molecule has 1 aromatic heterocycles. The van der Waals surface area contributed by atoms with Crippen molar-refractivity contribution < 1.29 is 9.59 Å². The summed E-state index contributed by atoms with van der Waals surface area (Å²) in [5.41, 5.74) is 3.52. The highest BCUT2D eigenvalue weighted by molar-refractivity contribution is 7.15. The first-order valence-electron chi connectivity index (χ1n) is 9.09. The van der Waals surface area contributed by atoms with Gasteiger partial charge in [-0.1, -0.05) is 47.7 Å². The maximum absolute atomic E-state index is 12.5. The van der Waals surface area contributed by atoms with Crippen molar-refractivity contribution in [3.63, 3.8) is 0 Å². The maximum atomic E-state index is 12.5. The van der Waals surface area contributed by atoms with Gasteiger partial charge < -0.3 is 4.90 Å². The van der Waals surface area contributed by atoms with Crippen LogP contribution in [0, 0.1) is 13.8 Å². The average molecular weight is 392 g/mol. The molecule has 0 unspecified atom stereocenters. The summed E-state index contributed by atoms with van der Waals surface area (Å²) >= 11 is 1.33. The first-order chi connectivity index (χ1) is 13.5. The maximum Gasteiger partial charge on any atom is 0.257 e. The number of carbonyl (C=O) groups excluding carboxylic acids is 2. The van der Waals surface area contributed by atoms with E-state index in [1.165, 1.54) is 11.3 Å². The number of hydrogen-bond acceptors (Lipinski definition) is 5. The number of carbonyl (C=O) groups is 2. The van der Waals surface area contributed by atoms with Gasteiger partial charge in [-0.15, -0.1) is 10.2 Å². The van der Waals surface area contributed by atoms with Crippen LogP contribution < -0.4 is 10.2 Å². The van der Waals surface area contributed by atoms with Crippen LogP contribution in [0.5, 0.6) is 0 Å². The van der Waals surface area contributed by atoms with Gasteiger partial charge in [0.05, 0.1) is 0 Å². The van der Waals surface area contributed by atoms with Crippen molar-refractivity contribution >= 4 is 34.0 Å². The topological polar surface area (TPSA) is 75.2 Å². The van der Waals surface area contributed by atoms with E-state index in [1.54, 1.807) is 6.07 Å². The second-order valence-corrected chi connectivity index (χ2v) is 7.92. The van der Waals surface area contributed by atoms with Crippen LogP contribution in [-0.2, 0) is 4.79 Å². The van der Waals surface area contributed by atoms with Crippen molar-refractivity contribution in [1.82, 2.24) is 10.2 Å². The monoisotopic (exact) mass is 392 g/mol. The highest BCUT2D eigenvalue weighted by Gasteiger charge is 2.34. The zero-order chi connectivity index (χ0) is 19.7. The van der Waals surface area contributed by atoms with Crippen LogP contribution in [0.4, 0.5) is 10.8 Å². The number of nitrogens with one attached hydrogen (secondary N) is 1. The van der Waals surface area contributed by atoms with Gasteiger partial charge in [0.25, 0.3) is 5.91 Å². The van der Waals surface area contributed by atoms with E-state index < -0.39 is 0 Å². The fraction of sp³-hybridized carbons (Fsp3) is 0.238. The Morgan fingerprint density at radius 1 is 1.07 bits per heavy atom. The van der Waals surface area contributed by atoms with Crippen LogP contribution in [0.15, 0.2) is 48.5 Å². The van der Waals surface area contributed by atoms with E-state index in [1.807, 2.05) is 61.2 Å². The summed E-state index contributed by atoms with van der Waals surface area (Å²) in [6.07, 6.45) is 0.398. The van der Waals surface area contributed by atoms with Gasteiger partial charge in [-0.2, -0.15) is 0 Å². The van der Waals surface area contributed by atoms with E-state index in [0.29, 0.717) is 23.7 Å². The molecule has 0 spiro atoms. The summed E-state index contributed by atoms with van der Waals surface area (Å²) in [4.78, 5) is 26.8. The van der Waals surface area contributed by atoms with Gasteiger partial charge >= 0.3 is 0 Å². The molecule has 7 heteroatoms. The highest BCUT2D eigenvalue weighted by atomic mass is 32.1. The number of benzene rings is 2. The molecule has 2 amide bonds. The Kier molecular flexibility index (Phi) is 4.92. The highest BCUT2D eigenvalue weighted by Crippen LogP contribution is 2.35. The lowest BCUT2D eigenvalue weighted by atomic mass is 10.1. The molecule has 142 valence electrons. The zero-order valence-electron chi connectivity index (χ0n) is 15.7. The second-order valence-electron chi connectivity index (χ2n) is 6.91. The van der Waals surface area contributed by atoms with Crippen LogP contribution in [-0.4, -0.2) is 28.6 Å². The summed E-state index contributed by atoms with van der Waals surface area (Å²) in [6, 6.07) is 15.3. The molecule has 4 rings (SSSR count). The van der Waals surface area contributed by atoms with Crippen molar-refractivity contribution in [2.45, 2.75) is 26.2 Å². The molecule has 1 saturated heterocycles. The summed E-state index contributed by atoms with van der Waals surface area (Å²) in [5.74, 6) is -0.140. The molecule has 0 saturated carbocycles. The number of para-hydroxylation sites is 1. The van der Waals surface area contributed by atoms with Crippen molar-refractivity contribution in [3.8, 4) is 0 Å². The van der Waals surface area contributed by atoms with Crippen molar-refractivity contribution in [2.24, 2.45) is 0 Å². The first-order valence-corrected chi connectivity index (χ1v) is 9.91. The molecule has 1 aliphatic heterocycles. The van der Waals surface area contributed by atoms with Gasteiger partial charge in [0.15, 0.2) is 0 Å². The molecule has 1 atom stereocenters. The van der Waals surface area contributed by atoms with Crippen LogP contribution in [0.25, 0.3) is 0 Å². The van der Waals surface area contributed by atoms with Crippen LogP contribution in [0.3, 0.4) is 0 Å². The number of amides is 2. The number of aryl methyl sites for hydroxylation is 2. The molecule has 6 nitrogen and oxygen atoms in total. The lowest BCUT2D eigenvalue weighted by Gasteiger charge is -2.18. The SMILES string of the molecule is Cc1ccccc1C(=O)Nc1nnc([C@@H]2CC(=O)N(c3ccccc3C)C2)s1. The van der Waals surface area contributed by atoms with Gasteiger partial charge in [0, 0.05) is 30.1 Å². The summed E-state index contributed by atoms with van der Waals surface area (Å²) < 4.78 is 0. The predicted molar refractivity (Wildman–Crippen MR) is 110 cm³/mol. The second kappa shape index (κ2) is 7.52. The van der Waals surface area contributed by atoms with E-state index in [4.69, 9.17) is 0 Å². The Bertz CT molecular complexity index is 1050. The van der Waals surface area contributed by atoms with Gasteiger partial charge in [-0.25, -0.2) is 0 Å². The smallest absolute Gasteiger partial charge is 0.257 e. The van der Waals surface area contributed by atoms with Gasteiger partial charge in [0.2, 0.25) is 11.0 Å². The lowest BCUT2D eigenvalue weighted by molar-refractivity contribution is -0.117. The molecule has 2 aromatic carbocycles. The summed E-state index contributed by atoms with van der Waals surface area (Å²) in [6.45, 7) is 4.47. The van der Waals surface area contributed by atoms with Crippen molar-refractivity contribution in [1.29, 1.82) is 0 Å². The number of rotatable bonds is 4. The van der Waals surface area contributed by atoms with E-state index >= 15 is 0 Å². The van der Waals surface area contributed by atoms with Gasteiger partial charge in [0.1, 0.15) is 5.01 Å². The molecule has 0 bridgehead atoms. The molecule has 0 aliphatic carbocycles. The minimum Gasteiger partial charge on any atom is -0.311 e. The molecule has 1 N–H and O–H groups in total. The molecule has 2 heterocycles. The van der Waals surface area contributed by atoms with Crippen molar-refractivity contribution in [2.75, 3.05) is 16.8 Å². The Hall–Kier alpha value is -3.06. The molecular weight excluding hydrogens is 372 g/mol. The summed E-state index contributed by atoms with van der Waals surface area (Å²) in [5, 5.41) is 12.4. The molecule has 0 radical (unpaired) electrons. The van der Waals surface area contributed by atoms with E-state index in [-0.39, 0.29) is 17.7 Å². The fourth-order valence-electron chi connectivity index (χ4n) is 3.41. The Labute approximate surface area is 167 Å². The van der Waals surface area contributed by atoms with E-state index in [9.17, 15) is 9.59 Å².